The van der Waals surface area contributed by atoms with Crippen LogP contribution in [-0.2, 0) is 4.79 Å². The molecule has 0 fully saturated rings. The number of hydrogen-bond acceptors (Lipinski definition) is 4. The molecule has 0 spiro atoms. The van der Waals surface area contributed by atoms with Crippen LogP contribution in [0.1, 0.15) is 37.7 Å². The molecule has 0 aliphatic heterocycles. The molecule has 0 radical (unpaired) electrons. The first-order chi connectivity index (χ1) is 7.72. The summed E-state index contributed by atoms with van der Waals surface area (Å²) < 4.78 is 0. The average Bonchev–Trinajstić information content (AvgIpc) is 2.81. The number of nitrogens with one attached hydrogen (secondary N) is 1. The number of thiazole rings is 1. The van der Waals surface area contributed by atoms with Crippen LogP contribution < -0.4 is 11.1 Å². The van der Waals surface area contributed by atoms with Gasteiger partial charge in [-0.2, -0.15) is 0 Å². The van der Waals surface area contributed by atoms with Crippen molar-refractivity contribution in [2.24, 2.45) is 11.7 Å². The molecule has 2 atom stereocenters. The van der Waals surface area contributed by atoms with Crippen LogP contribution >= 0.6 is 11.3 Å². The molecule has 0 bridgehead atoms. The largest absolute Gasteiger partial charge is 0.347 e. The Morgan fingerprint density at radius 2 is 2.31 bits per heavy atom. The van der Waals surface area contributed by atoms with Crippen molar-refractivity contribution in [2.75, 3.05) is 6.54 Å². The molecule has 90 valence electrons. The standard InChI is InChI=1S/C11H19N3OS/c1-3-8(7-12)10(15)14-9(4-2)11-13-5-6-16-11/h5-6,8-9H,3-4,7,12H2,1-2H3,(H,14,15). The minimum atomic E-state index is -0.0889. The fourth-order valence-electron chi connectivity index (χ4n) is 1.49. The molecule has 0 aliphatic carbocycles. The van der Waals surface area contributed by atoms with Crippen LogP contribution in [0, 0.1) is 5.92 Å². The highest BCUT2D eigenvalue weighted by atomic mass is 32.1. The van der Waals surface area contributed by atoms with E-state index >= 15 is 0 Å². The van der Waals surface area contributed by atoms with Crippen LogP contribution in [-0.4, -0.2) is 17.4 Å². The van der Waals surface area contributed by atoms with Gasteiger partial charge in [0.1, 0.15) is 5.01 Å². The highest BCUT2D eigenvalue weighted by Crippen LogP contribution is 2.19. The maximum Gasteiger partial charge on any atom is 0.224 e. The summed E-state index contributed by atoms with van der Waals surface area (Å²) in [5.74, 6) is -0.0546. The van der Waals surface area contributed by atoms with Crippen molar-refractivity contribution in [3.05, 3.63) is 16.6 Å². The molecular weight excluding hydrogens is 222 g/mol. The van der Waals surface area contributed by atoms with Gasteiger partial charge in [0.25, 0.3) is 0 Å². The Morgan fingerprint density at radius 1 is 1.56 bits per heavy atom. The Kier molecular flexibility index (Phi) is 5.42. The van der Waals surface area contributed by atoms with Gasteiger partial charge in [-0.25, -0.2) is 4.98 Å². The van der Waals surface area contributed by atoms with Crippen molar-refractivity contribution in [3.8, 4) is 0 Å². The summed E-state index contributed by atoms with van der Waals surface area (Å²) >= 11 is 1.57. The summed E-state index contributed by atoms with van der Waals surface area (Å²) in [5.41, 5.74) is 5.55. The summed E-state index contributed by atoms with van der Waals surface area (Å²) in [5, 5.41) is 5.88. The minimum Gasteiger partial charge on any atom is -0.347 e. The van der Waals surface area contributed by atoms with Crippen molar-refractivity contribution in [1.29, 1.82) is 0 Å². The van der Waals surface area contributed by atoms with Gasteiger partial charge in [-0.3, -0.25) is 4.79 Å². The normalized spacial score (nSPS) is 14.4. The number of amides is 1. The molecule has 1 amide bonds. The number of nitrogens with zero attached hydrogens (tertiary/aromatic N) is 1. The minimum absolute atomic E-state index is 0.0214. The molecule has 0 saturated carbocycles. The van der Waals surface area contributed by atoms with Crippen LogP contribution in [0.3, 0.4) is 0 Å². The molecule has 1 rings (SSSR count). The second-order valence-electron chi connectivity index (χ2n) is 3.68. The van der Waals surface area contributed by atoms with E-state index in [-0.39, 0.29) is 17.9 Å². The van der Waals surface area contributed by atoms with Crippen molar-refractivity contribution in [2.45, 2.75) is 32.7 Å². The molecule has 1 aromatic heterocycles. The van der Waals surface area contributed by atoms with Crippen LogP contribution in [0.4, 0.5) is 0 Å². The van der Waals surface area contributed by atoms with E-state index in [1.54, 1.807) is 17.5 Å². The van der Waals surface area contributed by atoms with Crippen molar-refractivity contribution in [3.63, 3.8) is 0 Å². The third kappa shape index (κ3) is 3.28. The van der Waals surface area contributed by atoms with Gasteiger partial charge in [-0.1, -0.05) is 13.8 Å². The summed E-state index contributed by atoms with van der Waals surface area (Å²) in [6.07, 6.45) is 3.38. The molecular formula is C11H19N3OS. The number of rotatable bonds is 6. The fourth-order valence-corrected chi connectivity index (χ4v) is 2.27. The first-order valence-electron chi connectivity index (χ1n) is 5.62. The smallest absolute Gasteiger partial charge is 0.224 e. The Hall–Kier alpha value is -0.940. The van der Waals surface area contributed by atoms with E-state index in [2.05, 4.69) is 10.3 Å². The molecule has 3 N–H and O–H groups in total. The lowest BCUT2D eigenvalue weighted by atomic mass is 10.1. The highest BCUT2D eigenvalue weighted by Gasteiger charge is 2.20. The summed E-state index contributed by atoms with van der Waals surface area (Å²) in [4.78, 5) is 16.1. The SMILES string of the molecule is CCC(CN)C(=O)NC(CC)c1nccs1. The molecule has 4 nitrogen and oxygen atoms in total. The number of carbonyl (C=O) groups is 1. The first kappa shape index (κ1) is 13.1. The lowest BCUT2D eigenvalue weighted by molar-refractivity contribution is -0.125. The topological polar surface area (TPSA) is 68.0 Å². The molecule has 1 aromatic rings. The Morgan fingerprint density at radius 3 is 2.75 bits per heavy atom. The van der Waals surface area contributed by atoms with Gasteiger partial charge in [0.05, 0.1) is 6.04 Å². The van der Waals surface area contributed by atoms with E-state index < -0.39 is 0 Å². The molecule has 1 heterocycles. The fraction of sp³-hybridized carbons (Fsp3) is 0.636. The van der Waals surface area contributed by atoms with Crippen LogP contribution in [0.5, 0.6) is 0 Å². The summed E-state index contributed by atoms with van der Waals surface area (Å²) in [7, 11) is 0. The second-order valence-corrected chi connectivity index (χ2v) is 4.61. The van der Waals surface area contributed by atoms with E-state index in [0.29, 0.717) is 6.54 Å². The zero-order chi connectivity index (χ0) is 12.0. The first-order valence-corrected chi connectivity index (χ1v) is 6.50. The molecule has 0 aromatic carbocycles. The molecule has 2 unspecified atom stereocenters. The predicted molar refractivity (Wildman–Crippen MR) is 66.1 cm³/mol. The van der Waals surface area contributed by atoms with E-state index in [1.165, 1.54) is 0 Å². The third-order valence-corrected chi connectivity index (χ3v) is 3.51. The summed E-state index contributed by atoms with van der Waals surface area (Å²) in [6.45, 7) is 4.41. The number of carbonyl (C=O) groups excluding carboxylic acids is 1. The molecule has 0 aliphatic rings. The van der Waals surface area contributed by atoms with Gasteiger partial charge in [-0.15, -0.1) is 11.3 Å². The Labute approximate surface area is 100 Å². The lowest BCUT2D eigenvalue weighted by Gasteiger charge is -2.18. The van der Waals surface area contributed by atoms with Crippen LogP contribution in [0.15, 0.2) is 11.6 Å². The average molecular weight is 241 g/mol. The molecule has 0 saturated heterocycles. The van der Waals surface area contributed by atoms with E-state index in [1.807, 2.05) is 19.2 Å². The lowest BCUT2D eigenvalue weighted by Crippen LogP contribution is -2.36. The zero-order valence-corrected chi connectivity index (χ0v) is 10.6. The van der Waals surface area contributed by atoms with Gasteiger partial charge < -0.3 is 11.1 Å². The predicted octanol–water partition coefficient (Wildman–Crippen LogP) is 1.70. The van der Waals surface area contributed by atoms with Gasteiger partial charge in [0.15, 0.2) is 0 Å². The van der Waals surface area contributed by atoms with Crippen molar-refractivity contribution >= 4 is 17.2 Å². The van der Waals surface area contributed by atoms with E-state index in [0.717, 1.165) is 17.8 Å². The van der Waals surface area contributed by atoms with Gasteiger partial charge in [-0.05, 0) is 12.8 Å². The quantitative estimate of drug-likeness (QED) is 0.796. The molecule has 5 heteroatoms. The third-order valence-electron chi connectivity index (χ3n) is 2.62. The highest BCUT2D eigenvalue weighted by molar-refractivity contribution is 7.09. The Bertz CT molecular complexity index is 309. The zero-order valence-electron chi connectivity index (χ0n) is 9.77. The van der Waals surface area contributed by atoms with Crippen molar-refractivity contribution < 1.29 is 4.79 Å². The second kappa shape index (κ2) is 6.60. The number of aromatic nitrogens is 1. The monoisotopic (exact) mass is 241 g/mol. The maximum absolute atomic E-state index is 11.9. The van der Waals surface area contributed by atoms with Gasteiger partial charge >= 0.3 is 0 Å². The Balaban J connectivity index is 2.60. The number of hydrogen-bond donors (Lipinski definition) is 2. The van der Waals surface area contributed by atoms with E-state index in [9.17, 15) is 4.79 Å². The van der Waals surface area contributed by atoms with Crippen molar-refractivity contribution in [1.82, 2.24) is 10.3 Å². The molecule has 16 heavy (non-hydrogen) atoms. The number of nitrogens with two attached hydrogens (primary N) is 1. The van der Waals surface area contributed by atoms with Crippen LogP contribution in [0.25, 0.3) is 0 Å². The maximum atomic E-state index is 11.9. The summed E-state index contributed by atoms with van der Waals surface area (Å²) in [6, 6.07) is 0.0214. The van der Waals surface area contributed by atoms with Crippen LogP contribution in [0.2, 0.25) is 0 Å². The van der Waals surface area contributed by atoms with Gasteiger partial charge in [0.2, 0.25) is 5.91 Å². The van der Waals surface area contributed by atoms with E-state index in [4.69, 9.17) is 5.73 Å². The van der Waals surface area contributed by atoms with Gasteiger partial charge in [0, 0.05) is 24.0 Å².